The van der Waals surface area contributed by atoms with Gasteiger partial charge in [-0.25, -0.2) is 4.79 Å². The normalized spacial score (nSPS) is 12.5. The highest BCUT2D eigenvalue weighted by molar-refractivity contribution is 5.73. The van der Waals surface area contributed by atoms with Crippen LogP contribution in [0.4, 0.5) is 5.82 Å². The average Bonchev–Trinajstić information content (AvgIpc) is 2.42. The third-order valence-corrected chi connectivity index (χ3v) is 1.85. The molecule has 5 nitrogen and oxygen atoms in total. The number of nitrogens with two attached hydrogens (primary N) is 1. The monoisotopic (exact) mass is 183 g/mol. The zero-order chi connectivity index (χ0) is 10.0. The molecule has 2 N–H and O–H groups in total. The van der Waals surface area contributed by atoms with Crippen molar-refractivity contribution in [1.29, 1.82) is 0 Å². The van der Waals surface area contributed by atoms with Crippen molar-refractivity contribution in [3.05, 3.63) is 11.8 Å². The van der Waals surface area contributed by atoms with Gasteiger partial charge in [0.25, 0.3) is 0 Å². The number of aromatic nitrogens is 2. The van der Waals surface area contributed by atoms with Gasteiger partial charge in [0.1, 0.15) is 11.9 Å². The van der Waals surface area contributed by atoms with Gasteiger partial charge in [0.2, 0.25) is 0 Å². The van der Waals surface area contributed by atoms with Gasteiger partial charge in [-0.2, -0.15) is 5.10 Å². The fraction of sp³-hybridized carbons (Fsp3) is 0.500. The molecule has 0 amide bonds. The van der Waals surface area contributed by atoms with Crippen LogP contribution in [0, 0.1) is 6.92 Å². The number of aryl methyl sites for hydroxylation is 1. The van der Waals surface area contributed by atoms with Crippen LogP contribution < -0.4 is 5.73 Å². The quantitative estimate of drug-likeness (QED) is 0.678. The molecular weight excluding hydrogens is 170 g/mol. The van der Waals surface area contributed by atoms with Crippen LogP contribution in [-0.4, -0.2) is 22.9 Å². The molecule has 1 unspecified atom stereocenters. The number of methoxy groups -OCH3 is 1. The highest BCUT2D eigenvalue weighted by Crippen LogP contribution is 2.12. The van der Waals surface area contributed by atoms with E-state index in [9.17, 15) is 4.79 Å². The highest BCUT2D eigenvalue weighted by atomic mass is 16.5. The Labute approximate surface area is 76.5 Å². The summed E-state index contributed by atoms with van der Waals surface area (Å²) < 4.78 is 6.13. The summed E-state index contributed by atoms with van der Waals surface area (Å²) in [6.07, 6.45) is 0. The van der Waals surface area contributed by atoms with Crippen LogP contribution in [0.15, 0.2) is 6.07 Å². The van der Waals surface area contributed by atoms with Crippen molar-refractivity contribution < 1.29 is 9.53 Å². The van der Waals surface area contributed by atoms with Gasteiger partial charge in [0.15, 0.2) is 0 Å². The van der Waals surface area contributed by atoms with Gasteiger partial charge in [-0.1, -0.05) is 0 Å². The Morgan fingerprint density at radius 2 is 2.38 bits per heavy atom. The van der Waals surface area contributed by atoms with E-state index in [2.05, 4.69) is 9.84 Å². The van der Waals surface area contributed by atoms with E-state index < -0.39 is 6.04 Å². The summed E-state index contributed by atoms with van der Waals surface area (Å²) in [6, 6.07) is 1.28. The molecule has 0 aliphatic carbocycles. The lowest BCUT2D eigenvalue weighted by Crippen LogP contribution is -2.19. The molecule has 0 saturated heterocycles. The molecule has 1 atom stereocenters. The molecule has 0 aliphatic heterocycles. The van der Waals surface area contributed by atoms with Gasteiger partial charge < -0.3 is 10.5 Å². The van der Waals surface area contributed by atoms with Crippen LogP contribution in [0.5, 0.6) is 0 Å². The van der Waals surface area contributed by atoms with Crippen LogP contribution in [0.2, 0.25) is 0 Å². The zero-order valence-corrected chi connectivity index (χ0v) is 7.94. The van der Waals surface area contributed by atoms with Gasteiger partial charge in [0, 0.05) is 11.8 Å². The lowest BCUT2D eigenvalue weighted by Gasteiger charge is -2.10. The Kier molecular flexibility index (Phi) is 2.55. The van der Waals surface area contributed by atoms with E-state index in [4.69, 9.17) is 5.73 Å². The maximum absolute atomic E-state index is 11.1. The molecule has 0 aliphatic rings. The van der Waals surface area contributed by atoms with Gasteiger partial charge >= 0.3 is 5.97 Å². The van der Waals surface area contributed by atoms with E-state index in [0.29, 0.717) is 5.82 Å². The van der Waals surface area contributed by atoms with Crippen molar-refractivity contribution in [1.82, 2.24) is 9.78 Å². The van der Waals surface area contributed by atoms with Crippen LogP contribution in [0.3, 0.4) is 0 Å². The SMILES string of the molecule is COC(=O)C(C)n1nc(N)cc1C. The largest absolute Gasteiger partial charge is 0.467 e. The lowest BCUT2D eigenvalue weighted by atomic mass is 10.3. The van der Waals surface area contributed by atoms with Crippen molar-refractivity contribution in [3.63, 3.8) is 0 Å². The fourth-order valence-electron chi connectivity index (χ4n) is 1.17. The van der Waals surface area contributed by atoms with E-state index in [-0.39, 0.29) is 5.97 Å². The third-order valence-electron chi connectivity index (χ3n) is 1.85. The molecule has 1 heterocycles. The summed E-state index contributed by atoms with van der Waals surface area (Å²) in [7, 11) is 1.35. The number of anilines is 1. The second-order valence-corrected chi connectivity index (χ2v) is 2.85. The molecule has 1 aromatic rings. The standard InChI is InChI=1S/C8H13N3O2/c1-5-4-7(9)10-11(5)6(2)8(12)13-3/h4,6H,1-3H3,(H2,9,10). The lowest BCUT2D eigenvalue weighted by molar-refractivity contribution is -0.144. The number of esters is 1. The van der Waals surface area contributed by atoms with E-state index in [0.717, 1.165) is 5.69 Å². The maximum Gasteiger partial charge on any atom is 0.330 e. The van der Waals surface area contributed by atoms with Crippen LogP contribution >= 0.6 is 0 Å². The average molecular weight is 183 g/mol. The Morgan fingerprint density at radius 3 is 2.77 bits per heavy atom. The van der Waals surface area contributed by atoms with E-state index in [1.54, 1.807) is 17.7 Å². The second-order valence-electron chi connectivity index (χ2n) is 2.85. The topological polar surface area (TPSA) is 70.1 Å². The first-order chi connectivity index (χ1) is 6.06. The van der Waals surface area contributed by atoms with Crippen molar-refractivity contribution in [3.8, 4) is 0 Å². The molecule has 0 bridgehead atoms. The van der Waals surface area contributed by atoms with Crippen LogP contribution in [0.1, 0.15) is 18.7 Å². The van der Waals surface area contributed by atoms with Crippen molar-refractivity contribution in [2.45, 2.75) is 19.9 Å². The summed E-state index contributed by atoms with van der Waals surface area (Å²) in [4.78, 5) is 11.1. The highest BCUT2D eigenvalue weighted by Gasteiger charge is 2.17. The first kappa shape index (κ1) is 9.57. The molecule has 0 fully saturated rings. The van der Waals surface area contributed by atoms with E-state index >= 15 is 0 Å². The van der Waals surface area contributed by atoms with Crippen molar-refractivity contribution in [2.75, 3.05) is 12.8 Å². The summed E-state index contributed by atoms with van der Waals surface area (Å²) in [5.74, 6) is 0.0828. The number of nitrogens with zero attached hydrogens (tertiary/aromatic N) is 2. The minimum absolute atomic E-state index is 0.328. The van der Waals surface area contributed by atoms with Crippen LogP contribution in [0.25, 0.3) is 0 Å². The molecule has 5 heteroatoms. The minimum Gasteiger partial charge on any atom is -0.467 e. The molecule has 0 saturated carbocycles. The number of hydrogen-bond acceptors (Lipinski definition) is 4. The Balaban J connectivity index is 2.94. The number of rotatable bonds is 2. The molecular formula is C8H13N3O2. The first-order valence-corrected chi connectivity index (χ1v) is 3.95. The van der Waals surface area contributed by atoms with Gasteiger partial charge in [-0.15, -0.1) is 0 Å². The number of carbonyl (C=O) groups is 1. The molecule has 1 rings (SSSR count). The van der Waals surface area contributed by atoms with E-state index in [1.807, 2.05) is 6.92 Å². The third kappa shape index (κ3) is 1.80. The van der Waals surface area contributed by atoms with Gasteiger partial charge in [-0.3, -0.25) is 4.68 Å². The van der Waals surface area contributed by atoms with Gasteiger partial charge in [0.05, 0.1) is 7.11 Å². The Hall–Kier alpha value is -1.52. The number of hydrogen-bond donors (Lipinski definition) is 1. The smallest absolute Gasteiger partial charge is 0.330 e. The Bertz CT molecular complexity index is 319. The summed E-state index contributed by atoms with van der Waals surface area (Å²) in [5, 5.41) is 3.97. The molecule has 13 heavy (non-hydrogen) atoms. The molecule has 0 spiro atoms. The number of nitrogen functional groups attached to an aromatic ring is 1. The number of ether oxygens (including phenoxy) is 1. The maximum atomic E-state index is 11.1. The molecule has 72 valence electrons. The summed E-state index contributed by atoms with van der Waals surface area (Å²) >= 11 is 0. The Morgan fingerprint density at radius 1 is 1.77 bits per heavy atom. The molecule has 0 radical (unpaired) electrons. The predicted molar refractivity (Wildman–Crippen MR) is 48.1 cm³/mol. The predicted octanol–water partition coefficient (Wildman–Crippen LogP) is 0.508. The molecule has 1 aromatic heterocycles. The number of carbonyl (C=O) groups excluding carboxylic acids is 1. The van der Waals surface area contributed by atoms with Crippen molar-refractivity contribution in [2.24, 2.45) is 0 Å². The zero-order valence-electron chi connectivity index (χ0n) is 7.94. The summed E-state index contributed by atoms with van der Waals surface area (Å²) in [5.41, 5.74) is 6.32. The van der Waals surface area contributed by atoms with E-state index in [1.165, 1.54) is 7.11 Å². The molecule has 0 aromatic carbocycles. The first-order valence-electron chi connectivity index (χ1n) is 3.95. The second kappa shape index (κ2) is 3.47. The summed E-state index contributed by atoms with van der Waals surface area (Å²) in [6.45, 7) is 3.55. The van der Waals surface area contributed by atoms with Crippen molar-refractivity contribution >= 4 is 11.8 Å². The van der Waals surface area contributed by atoms with Gasteiger partial charge in [-0.05, 0) is 13.8 Å². The van der Waals surface area contributed by atoms with Crippen LogP contribution in [-0.2, 0) is 9.53 Å². The minimum atomic E-state index is -0.428. The fourth-order valence-corrected chi connectivity index (χ4v) is 1.17.